The molecule has 4 fully saturated rings. The van der Waals surface area contributed by atoms with Crippen LogP contribution >= 0.6 is 0 Å². The third kappa shape index (κ3) is 3.85. The Hall–Kier alpha value is -1.35. The molecular formula is C25H34F3N3O2S. The van der Waals surface area contributed by atoms with Gasteiger partial charge in [-0.25, -0.2) is 8.42 Å². The summed E-state index contributed by atoms with van der Waals surface area (Å²) >= 11 is 0. The molecule has 0 radical (unpaired) electrons. The molecule has 0 amide bonds. The number of rotatable bonds is 4. The van der Waals surface area contributed by atoms with Gasteiger partial charge in [-0.1, -0.05) is 6.08 Å². The number of likely N-dealkylation sites (tertiary alicyclic amines) is 1. The molecule has 2 saturated carbocycles. The molecule has 2 aliphatic heterocycles. The second kappa shape index (κ2) is 7.58. The minimum absolute atomic E-state index is 0.0228. The van der Waals surface area contributed by atoms with Crippen molar-refractivity contribution in [2.45, 2.75) is 76.6 Å². The van der Waals surface area contributed by atoms with Gasteiger partial charge in [0.1, 0.15) is 0 Å². The highest BCUT2D eigenvalue weighted by molar-refractivity contribution is 7.92. The van der Waals surface area contributed by atoms with Gasteiger partial charge >= 0.3 is 6.18 Å². The first-order valence-electron chi connectivity index (χ1n) is 12.7. The molecule has 188 valence electrons. The maximum absolute atomic E-state index is 13.1. The standard InChI is InChI=1S/C25H34F3N3O2S/c1-15(2)31-22(11-21(29-31)16-3-5-17(6-4-16)25(26,27)28)23-19-9-18(10-20(19)23)30-8-7-24(12-30)13-34(32,33)14-24/h3,11,15,17-20,23H,4-10,12-14H2,1-2H3/t17?,18?,19-,20+,23?. The second-order valence-electron chi connectivity index (χ2n) is 12.0. The highest BCUT2D eigenvalue weighted by Gasteiger charge is 2.61. The Kier molecular flexibility index (Phi) is 5.14. The quantitative estimate of drug-likeness (QED) is 0.599. The SMILES string of the molecule is CC(C)n1nc(C2=CCC(C(F)(F)F)CC2)cc1C1[C@H]2CC(N3CCC4(C3)CS(=O)(=O)C4)C[C@@H]12. The maximum Gasteiger partial charge on any atom is 0.392 e. The van der Waals surface area contributed by atoms with Gasteiger partial charge in [0.25, 0.3) is 0 Å². The normalized spacial score (nSPS) is 36.5. The Morgan fingerprint density at radius 1 is 1.18 bits per heavy atom. The lowest BCUT2D eigenvalue weighted by Gasteiger charge is -2.38. The summed E-state index contributed by atoms with van der Waals surface area (Å²) in [6.45, 7) is 6.19. The van der Waals surface area contributed by atoms with Crippen LogP contribution in [0, 0.1) is 23.2 Å². The number of allylic oxidation sites excluding steroid dienone is 2. The number of hydrogen-bond acceptors (Lipinski definition) is 4. The number of fused-ring (bicyclic) bond motifs is 1. The molecule has 1 aromatic rings. The summed E-state index contributed by atoms with van der Waals surface area (Å²) in [4.78, 5) is 2.55. The van der Waals surface area contributed by atoms with E-state index >= 15 is 0 Å². The molecule has 5 nitrogen and oxygen atoms in total. The molecule has 3 unspecified atom stereocenters. The predicted molar refractivity (Wildman–Crippen MR) is 124 cm³/mol. The van der Waals surface area contributed by atoms with Gasteiger partial charge < -0.3 is 0 Å². The van der Waals surface area contributed by atoms with Gasteiger partial charge in [0, 0.05) is 35.7 Å². The van der Waals surface area contributed by atoms with Crippen LogP contribution in [0.1, 0.15) is 75.7 Å². The fraction of sp³-hybridized carbons (Fsp3) is 0.800. The van der Waals surface area contributed by atoms with E-state index in [2.05, 4.69) is 29.5 Å². The van der Waals surface area contributed by atoms with Gasteiger partial charge in [0.2, 0.25) is 0 Å². The van der Waals surface area contributed by atoms with Crippen LogP contribution < -0.4 is 0 Å². The van der Waals surface area contributed by atoms with E-state index in [0.29, 0.717) is 41.7 Å². The van der Waals surface area contributed by atoms with Crippen LogP contribution in [0.4, 0.5) is 13.2 Å². The zero-order chi connectivity index (χ0) is 24.0. The Labute approximate surface area is 199 Å². The number of aromatic nitrogens is 2. The minimum atomic E-state index is -4.12. The highest BCUT2D eigenvalue weighted by atomic mass is 32.2. The Morgan fingerprint density at radius 2 is 1.88 bits per heavy atom. The molecule has 2 saturated heterocycles. The first-order valence-corrected chi connectivity index (χ1v) is 14.6. The van der Waals surface area contributed by atoms with Crippen molar-refractivity contribution in [2.75, 3.05) is 24.6 Å². The van der Waals surface area contributed by atoms with Crippen LogP contribution in [-0.2, 0) is 9.84 Å². The fourth-order valence-corrected chi connectivity index (χ4v) is 9.80. The van der Waals surface area contributed by atoms with E-state index in [4.69, 9.17) is 5.10 Å². The predicted octanol–water partition coefficient (Wildman–Crippen LogP) is 4.82. The monoisotopic (exact) mass is 497 g/mol. The van der Waals surface area contributed by atoms with Crippen LogP contribution in [0.15, 0.2) is 12.1 Å². The van der Waals surface area contributed by atoms with Gasteiger partial charge in [-0.3, -0.25) is 9.58 Å². The second-order valence-corrected chi connectivity index (χ2v) is 14.0. The lowest BCUT2D eigenvalue weighted by Crippen LogP contribution is -2.50. The van der Waals surface area contributed by atoms with Crippen molar-refractivity contribution in [3.63, 3.8) is 0 Å². The summed E-state index contributed by atoms with van der Waals surface area (Å²) in [6.07, 6.45) is 1.60. The zero-order valence-electron chi connectivity index (χ0n) is 19.9. The van der Waals surface area contributed by atoms with Crippen LogP contribution in [0.3, 0.4) is 0 Å². The molecule has 9 heteroatoms. The van der Waals surface area contributed by atoms with Crippen molar-refractivity contribution in [3.05, 3.63) is 23.5 Å². The van der Waals surface area contributed by atoms with Gasteiger partial charge in [-0.15, -0.1) is 0 Å². The summed E-state index contributed by atoms with van der Waals surface area (Å²) < 4.78 is 64.7. The third-order valence-electron chi connectivity index (χ3n) is 9.25. The van der Waals surface area contributed by atoms with Crippen molar-refractivity contribution >= 4 is 15.4 Å². The first kappa shape index (κ1) is 23.1. The molecule has 0 N–H and O–H groups in total. The van der Waals surface area contributed by atoms with Crippen LogP contribution in [0.25, 0.3) is 5.57 Å². The molecular weight excluding hydrogens is 463 g/mol. The van der Waals surface area contributed by atoms with E-state index in [-0.39, 0.29) is 24.3 Å². The third-order valence-corrected chi connectivity index (χ3v) is 11.4. The average Bonchev–Trinajstić information content (AvgIpc) is 3.18. The lowest BCUT2D eigenvalue weighted by molar-refractivity contribution is -0.175. The largest absolute Gasteiger partial charge is 0.392 e. The lowest BCUT2D eigenvalue weighted by atomic mass is 9.88. The van der Waals surface area contributed by atoms with Crippen molar-refractivity contribution in [1.29, 1.82) is 0 Å². The molecule has 1 spiro atoms. The fourth-order valence-electron chi connectivity index (χ4n) is 7.55. The highest BCUT2D eigenvalue weighted by Crippen LogP contribution is 2.64. The Bertz CT molecular complexity index is 1100. The zero-order valence-corrected chi connectivity index (χ0v) is 20.7. The van der Waals surface area contributed by atoms with Crippen molar-refractivity contribution in [3.8, 4) is 0 Å². The maximum atomic E-state index is 13.1. The van der Waals surface area contributed by atoms with Crippen molar-refractivity contribution in [1.82, 2.24) is 14.7 Å². The minimum Gasteiger partial charge on any atom is -0.300 e. The number of nitrogens with zero attached hydrogens (tertiary/aromatic N) is 3. The van der Waals surface area contributed by atoms with Gasteiger partial charge in [-0.05, 0) is 82.4 Å². The first-order chi connectivity index (χ1) is 15.9. The Morgan fingerprint density at radius 3 is 2.44 bits per heavy atom. The molecule has 0 aromatic carbocycles. The van der Waals surface area contributed by atoms with Crippen LogP contribution in [-0.4, -0.2) is 59.9 Å². The molecule has 3 heterocycles. The molecule has 3 aliphatic carbocycles. The number of alkyl halides is 3. The number of sulfone groups is 1. The molecule has 1 aromatic heterocycles. The topological polar surface area (TPSA) is 55.2 Å². The molecule has 0 bridgehead atoms. The van der Waals surface area contributed by atoms with E-state index in [0.717, 1.165) is 43.6 Å². The molecule has 5 atom stereocenters. The van der Waals surface area contributed by atoms with E-state index < -0.39 is 21.9 Å². The number of halogens is 3. The smallest absolute Gasteiger partial charge is 0.300 e. The summed E-state index contributed by atoms with van der Waals surface area (Å²) in [5.41, 5.74) is 3.09. The van der Waals surface area contributed by atoms with Gasteiger partial charge in [-0.2, -0.15) is 18.3 Å². The van der Waals surface area contributed by atoms with E-state index in [9.17, 15) is 21.6 Å². The molecule has 34 heavy (non-hydrogen) atoms. The molecule has 6 rings (SSSR count). The van der Waals surface area contributed by atoms with Crippen molar-refractivity contribution < 1.29 is 21.6 Å². The van der Waals surface area contributed by atoms with E-state index in [1.165, 1.54) is 5.69 Å². The van der Waals surface area contributed by atoms with Crippen molar-refractivity contribution in [2.24, 2.45) is 23.2 Å². The van der Waals surface area contributed by atoms with E-state index in [1.54, 1.807) is 6.08 Å². The summed E-state index contributed by atoms with van der Waals surface area (Å²) in [5, 5.41) is 4.86. The van der Waals surface area contributed by atoms with Crippen LogP contribution in [0.5, 0.6) is 0 Å². The number of hydrogen-bond donors (Lipinski definition) is 0. The van der Waals surface area contributed by atoms with Gasteiger partial charge in [0.15, 0.2) is 9.84 Å². The van der Waals surface area contributed by atoms with E-state index in [1.807, 2.05) is 0 Å². The summed E-state index contributed by atoms with van der Waals surface area (Å²) in [6, 6.07) is 2.93. The summed E-state index contributed by atoms with van der Waals surface area (Å²) in [7, 11) is -2.79. The summed E-state index contributed by atoms with van der Waals surface area (Å²) in [5.74, 6) is 1.29. The van der Waals surface area contributed by atoms with Crippen LogP contribution in [0.2, 0.25) is 0 Å². The molecule has 5 aliphatic rings. The Balaban J connectivity index is 1.12. The van der Waals surface area contributed by atoms with Gasteiger partial charge in [0.05, 0.1) is 23.1 Å². The average molecular weight is 498 g/mol.